The molecule has 1 aromatic rings. The van der Waals surface area contributed by atoms with E-state index < -0.39 is 0 Å². The minimum Gasteiger partial charge on any atom is -0.362 e. The number of carbonyl (C=O) groups is 2. The first-order chi connectivity index (χ1) is 8.20. The number of carbonyl (C=O) groups excluding carboxylic acids is 2. The summed E-state index contributed by atoms with van der Waals surface area (Å²) in [6.07, 6.45) is 1.64. The molecule has 2 rings (SSSR count). The highest BCUT2D eigenvalue weighted by Crippen LogP contribution is 2.23. The fourth-order valence-corrected chi connectivity index (χ4v) is 2.10. The van der Waals surface area contributed by atoms with Crippen molar-refractivity contribution in [2.75, 3.05) is 24.5 Å². The van der Waals surface area contributed by atoms with Gasteiger partial charge in [0.2, 0.25) is 5.91 Å². The van der Waals surface area contributed by atoms with E-state index in [9.17, 15) is 9.59 Å². The molecule has 4 nitrogen and oxygen atoms in total. The van der Waals surface area contributed by atoms with Gasteiger partial charge in [-0.25, -0.2) is 0 Å². The number of nitrogens with zero attached hydrogens (tertiary/aromatic N) is 1. The molecule has 0 radical (unpaired) electrons. The van der Waals surface area contributed by atoms with E-state index in [0.29, 0.717) is 17.1 Å². The maximum absolute atomic E-state index is 11.5. The Kier molecular flexibility index (Phi) is 3.64. The Labute approximate surface area is 105 Å². The van der Waals surface area contributed by atoms with Crippen molar-refractivity contribution in [1.29, 1.82) is 0 Å². The molecule has 90 valence electrons. The van der Waals surface area contributed by atoms with E-state index in [4.69, 9.17) is 11.6 Å². The first-order valence-electron chi connectivity index (χ1n) is 5.47. The Hall–Kier alpha value is -1.55. The highest BCUT2D eigenvalue weighted by Gasteiger charge is 2.17. The molecular weight excluding hydrogens is 240 g/mol. The summed E-state index contributed by atoms with van der Waals surface area (Å²) < 4.78 is 0. The summed E-state index contributed by atoms with van der Waals surface area (Å²) >= 11 is 5.84. The minimum atomic E-state index is -0.0192. The van der Waals surface area contributed by atoms with Gasteiger partial charge in [-0.05, 0) is 24.6 Å². The molecule has 0 atom stereocenters. The molecule has 1 saturated heterocycles. The predicted molar refractivity (Wildman–Crippen MR) is 66.7 cm³/mol. The van der Waals surface area contributed by atoms with Crippen LogP contribution in [0.3, 0.4) is 0 Å². The van der Waals surface area contributed by atoms with Gasteiger partial charge in [-0.3, -0.25) is 9.59 Å². The second-order valence-corrected chi connectivity index (χ2v) is 4.38. The Bertz CT molecular complexity index is 448. The van der Waals surface area contributed by atoms with Gasteiger partial charge < -0.3 is 10.2 Å². The molecular formula is C12H13ClN2O2. The molecule has 1 amide bonds. The summed E-state index contributed by atoms with van der Waals surface area (Å²) in [5.74, 6) is -0.0192. The van der Waals surface area contributed by atoms with Crippen molar-refractivity contribution < 1.29 is 9.59 Å². The average Bonchev–Trinajstić information content (AvgIpc) is 2.53. The van der Waals surface area contributed by atoms with Crippen molar-refractivity contribution in [3.05, 3.63) is 28.8 Å². The SMILES string of the molecule is O=Cc1cc(Cl)ccc1N1CCCNC(=O)C1. The molecule has 17 heavy (non-hydrogen) atoms. The van der Waals surface area contributed by atoms with Crippen LogP contribution in [0.2, 0.25) is 5.02 Å². The highest BCUT2D eigenvalue weighted by molar-refractivity contribution is 6.31. The zero-order valence-corrected chi connectivity index (χ0v) is 10.0. The van der Waals surface area contributed by atoms with Gasteiger partial charge in [0.25, 0.3) is 0 Å². The molecule has 1 heterocycles. The Morgan fingerprint density at radius 2 is 2.24 bits per heavy atom. The fourth-order valence-electron chi connectivity index (χ4n) is 1.92. The van der Waals surface area contributed by atoms with E-state index in [2.05, 4.69) is 5.32 Å². The number of nitrogens with one attached hydrogen (secondary N) is 1. The molecule has 1 aliphatic rings. The lowest BCUT2D eigenvalue weighted by Crippen LogP contribution is -2.33. The molecule has 1 aromatic carbocycles. The summed E-state index contributed by atoms with van der Waals surface area (Å²) in [4.78, 5) is 24.4. The summed E-state index contributed by atoms with van der Waals surface area (Å²) in [5.41, 5.74) is 1.29. The highest BCUT2D eigenvalue weighted by atomic mass is 35.5. The third-order valence-electron chi connectivity index (χ3n) is 2.72. The largest absolute Gasteiger partial charge is 0.362 e. The third kappa shape index (κ3) is 2.77. The van der Waals surface area contributed by atoms with Crippen LogP contribution in [0.5, 0.6) is 0 Å². The Balaban J connectivity index is 2.31. The fraction of sp³-hybridized carbons (Fsp3) is 0.333. The number of benzene rings is 1. The van der Waals surface area contributed by atoms with Crippen molar-refractivity contribution in [2.45, 2.75) is 6.42 Å². The van der Waals surface area contributed by atoms with Crippen LogP contribution >= 0.6 is 11.6 Å². The number of aldehydes is 1. The molecule has 1 fully saturated rings. The zero-order chi connectivity index (χ0) is 12.3. The molecule has 0 spiro atoms. The van der Waals surface area contributed by atoms with Crippen LogP contribution in [-0.4, -0.2) is 31.8 Å². The van der Waals surface area contributed by atoms with E-state index in [0.717, 1.165) is 24.9 Å². The van der Waals surface area contributed by atoms with Crippen molar-refractivity contribution in [2.24, 2.45) is 0 Å². The second kappa shape index (κ2) is 5.19. The van der Waals surface area contributed by atoms with E-state index >= 15 is 0 Å². The smallest absolute Gasteiger partial charge is 0.239 e. The standard InChI is InChI=1S/C12H13ClN2O2/c13-10-2-3-11(9(6-10)8-16)15-5-1-4-14-12(17)7-15/h2-3,6,8H,1,4-5,7H2,(H,14,17). The molecule has 0 saturated carbocycles. The maximum atomic E-state index is 11.5. The quantitative estimate of drug-likeness (QED) is 0.811. The number of rotatable bonds is 2. The van der Waals surface area contributed by atoms with E-state index in [1.165, 1.54) is 0 Å². The van der Waals surface area contributed by atoms with Gasteiger partial charge >= 0.3 is 0 Å². The molecule has 1 aliphatic heterocycles. The van der Waals surface area contributed by atoms with Crippen LogP contribution in [0.4, 0.5) is 5.69 Å². The van der Waals surface area contributed by atoms with Gasteiger partial charge in [-0.1, -0.05) is 11.6 Å². The number of amides is 1. The summed E-state index contributed by atoms with van der Waals surface area (Å²) in [6.45, 7) is 1.71. The molecule has 1 N–H and O–H groups in total. The van der Waals surface area contributed by atoms with Crippen LogP contribution in [0.25, 0.3) is 0 Å². The van der Waals surface area contributed by atoms with Crippen LogP contribution in [0.1, 0.15) is 16.8 Å². The van der Waals surface area contributed by atoms with Gasteiger partial charge in [-0.15, -0.1) is 0 Å². The molecule has 5 heteroatoms. The van der Waals surface area contributed by atoms with Crippen molar-refractivity contribution >= 4 is 29.5 Å². The molecule has 0 bridgehead atoms. The second-order valence-electron chi connectivity index (χ2n) is 3.95. The number of halogens is 1. The maximum Gasteiger partial charge on any atom is 0.239 e. The number of hydrogen-bond donors (Lipinski definition) is 1. The zero-order valence-electron chi connectivity index (χ0n) is 9.28. The predicted octanol–water partition coefficient (Wildman–Crippen LogP) is 1.48. The summed E-state index contributed by atoms with van der Waals surface area (Å²) in [7, 11) is 0. The average molecular weight is 253 g/mol. The number of anilines is 1. The first kappa shape index (κ1) is 11.9. The van der Waals surface area contributed by atoms with E-state index in [1.54, 1.807) is 18.2 Å². The minimum absolute atomic E-state index is 0.0192. The number of hydrogen-bond acceptors (Lipinski definition) is 3. The summed E-state index contributed by atoms with van der Waals surface area (Å²) in [6, 6.07) is 5.13. The van der Waals surface area contributed by atoms with Crippen molar-refractivity contribution in [3.8, 4) is 0 Å². The van der Waals surface area contributed by atoms with Gasteiger partial charge in [0, 0.05) is 29.4 Å². The normalized spacial score (nSPS) is 16.3. The lowest BCUT2D eigenvalue weighted by atomic mass is 10.1. The van der Waals surface area contributed by atoms with Gasteiger partial charge in [0.15, 0.2) is 6.29 Å². The summed E-state index contributed by atoms with van der Waals surface area (Å²) in [5, 5.41) is 3.32. The Morgan fingerprint density at radius 3 is 3.00 bits per heavy atom. The Morgan fingerprint density at radius 1 is 1.41 bits per heavy atom. The third-order valence-corrected chi connectivity index (χ3v) is 2.95. The van der Waals surface area contributed by atoms with Crippen LogP contribution < -0.4 is 10.2 Å². The first-order valence-corrected chi connectivity index (χ1v) is 5.85. The lowest BCUT2D eigenvalue weighted by Gasteiger charge is -2.22. The van der Waals surface area contributed by atoms with Gasteiger partial charge in [-0.2, -0.15) is 0 Å². The monoisotopic (exact) mass is 252 g/mol. The molecule has 0 aromatic heterocycles. The lowest BCUT2D eigenvalue weighted by molar-refractivity contribution is -0.119. The molecule has 0 aliphatic carbocycles. The molecule has 0 unspecified atom stereocenters. The topological polar surface area (TPSA) is 49.4 Å². The van der Waals surface area contributed by atoms with E-state index in [1.807, 2.05) is 4.90 Å². The van der Waals surface area contributed by atoms with Crippen LogP contribution in [-0.2, 0) is 4.79 Å². The van der Waals surface area contributed by atoms with Crippen molar-refractivity contribution in [1.82, 2.24) is 5.32 Å². The van der Waals surface area contributed by atoms with Crippen LogP contribution in [0.15, 0.2) is 18.2 Å². The van der Waals surface area contributed by atoms with Crippen molar-refractivity contribution in [3.63, 3.8) is 0 Å². The van der Waals surface area contributed by atoms with Gasteiger partial charge in [0.05, 0.1) is 6.54 Å². The van der Waals surface area contributed by atoms with Crippen LogP contribution in [0, 0.1) is 0 Å². The van der Waals surface area contributed by atoms with E-state index in [-0.39, 0.29) is 12.5 Å². The van der Waals surface area contributed by atoms with Gasteiger partial charge in [0.1, 0.15) is 0 Å².